The fourth-order valence-corrected chi connectivity index (χ4v) is 3.78. The van der Waals surface area contributed by atoms with E-state index in [1.807, 2.05) is 6.92 Å². The zero-order chi connectivity index (χ0) is 21.0. The van der Waals surface area contributed by atoms with Crippen molar-refractivity contribution in [1.29, 1.82) is 0 Å². The third-order valence-electron chi connectivity index (χ3n) is 4.08. The van der Waals surface area contributed by atoms with E-state index in [9.17, 15) is 18.0 Å². The number of sulfonamides is 1. The van der Waals surface area contributed by atoms with E-state index in [0.29, 0.717) is 17.0 Å². The van der Waals surface area contributed by atoms with Gasteiger partial charge in [0.15, 0.2) is 5.58 Å². The monoisotopic (exact) mass is 438 g/mol. The van der Waals surface area contributed by atoms with Crippen LogP contribution in [0.3, 0.4) is 0 Å². The number of benzene rings is 2. The molecule has 0 aliphatic carbocycles. The van der Waals surface area contributed by atoms with Gasteiger partial charge in [-0.05, 0) is 36.2 Å². The number of nitrogens with one attached hydrogen (secondary N) is 1. The van der Waals surface area contributed by atoms with Crippen LogP contribution in [0, 0.1) is 0 Å². The Balaban J connectivity index is 1.80. The first-order valence-electron chi connectivity index (χ1n) is 8.83. The molecule has 0 aliphatic heterocycles. The zero-order valence-electron chi connectivity index (χ0n) is 15.6. The third kappa shape index (κ3) is 5.06. The normalized spacial score (nSPS) is 11.7. The Morgan fingerprint density at radius 1 is 1.21 bits per heavy atom. The van der Waals surface area contributed by atoms with E-state index >= 15 is 0 Å². The van der Waals surface area contributed by atoms with E-state index in [1.54, 1.807) is 24.3 Å². The Kier molecular flexibility index (Phi) is 6.41. The molecule has 0 fully saturated rings. The Morgan fingerprint density at radius 2 is 1.93 bits per heavy atom. The number of rotatable bonds is 8. The van der Waals surface area contributed by atoms with Crippen molar-refractivity contribution in [1.82, 2.24) is 9.29 Å². The van der Waals surface area contributed by atoms with E-state index in [2.05, 4.69) is 4.72 Å². The van der Waals surface area contributed by atoms with Gasteiger partial charge in [-0.15, -0.1) is 0 Å². The molecule has 0 unspecified atom stereocenters. The molecule has 0 saturated heterocycles. The lowest BCUT2D eigenvalue weighted by Gasteiger charge is -2.07. The van der Waals surface area contributed by atoms with Gasteiger partial charge in [0.25, 0.3) is 0 Å². The minimum Gasteiger partial charge on any atom is -0.464 e. The number of ether oxygens (including phenoxy) is 1. The van der Waals surface area contributed by atoms with Crippen LogP contribution in [0.1, 0.15) is 18.9 Å². The fraction of sp³-hybridized carbons (Fsp3) is 0.263. The van der Waals surface area contributed by atoms with Crippen LogP contribution in [-0.4, -0.2) is 25.6 Å². The Labute approximate surface area is 172 Å². The van der Waals surface area contributed by atoms with Crippen molar-refractivity contribution in [2.24, 2.45) is 0 Å². The highest BCUT2D eigenvalue weighted by Crippen LogP contribution is 2.19. The summed E-state index contributed by atoms with van der Waals surface area (Å²) in [6.07, 6.45) is 0.664. The second kappa shape index (κ2) is 8.81. The average molecular weight is 439 g/mol. The lowest BCUT2D eigenvalue weighted by Crippen LogP contribution is -2.23. The van der Waals surface area contributed by atoms with Crippen LogP contribution in [-0.2, 0) is 32.6 Å². The lowest BCUT2D eigenvalue weighted by atomic mass is 10.2. The molecule has 0 amide bonds. The molecule has 0 atom stereocenters. The molecule has 1 heterocycles. The van der Waals surface area contributed by atoms with Gasteiger partial charge in [-0.1, -0.05) is 30.7 Å². The van der Waals surface area contributed by atoms with Crippen LogP contribution in [0.15, 0.2) is 56.6 Å². The predicted molar refractivity (Wildman–Crippen MR) is 107 cm³/mol. The quantitative estimate of drug-likeness (QED) is 0.542. The molecule has 0 saturated carbocycles. The number of oxazole rings is 1. The Bertz CT molecular complexity index is 1180. The third-order valence-corrected chi connectivity index (χ3v) is 5.73. The summed E-state index contributed by atoms with van der Waals surface area (Å²) in [5, 5.41) is 0.556. The first kappa shape index (κ1) is 21.1. The number of carbonyl (C=O) groups excluding carboxylic acids is 1. The van der Waals surface area contributed by atoms with Crippen molar-refractivity contribution in [2.45, 2.75) is 31.3 Å². The van der Waals surface area contributed by atoms with Crippen molar-refractivity contribution >= 4 is 38.7 Å². The molecule has 0 radical (unpaired) electrons. The smallest absolute Gasteiger partial charge is 0.420 e. The number of carbonyl (C=O) groups is 1. The van der Waals surface area contributed by atoms with Gasteiger partial charge >= 0.3 is 11.7 Å². The highest BCUT2D eigenvalue weighted by Gasteiger charge is 2.19. The van der Waals surface area contributed by atoms with Gasteiger partial charge in [0, 0.05) is 17.6 Å². The Hall–Kier alpha value is -2.62. The molecule has 29 heavy (non-hydrogen) atoms. The summed E-state index contributed by atoms with van der Waals surface area (Å²) in [5.41, 5.74) is 1.11. The van der Waals surface area contributed by atoms with Gasteiger partial charge in [-0.25, -0.2) is 17.9 Å². The molecule has 0 bridgehead atoms. The summed E-state index contributed by atoms with van der Waals surface area (Å²) in [7, 11) is -3.84. The van der Waals surface area contributed by atoms with E-state index < -0.39 is 21.7 Å². The molecule has 0 spiro atoms. The number of esters is 1. The summed E-state index contributed by atoms with van der Waals surface area (Å²) in [6, 6.07) is 10.8. The van der Waals surface area contributed by atoms with Crippen LogP contribution in [0.2, 0.25) is 5.02 Å². The van der Waals surface area contributed by atoms with E-state index in [4.69, 9.17) is 20.8 Å². The molecule has 3 aromatic rings. The van der Waals surface area contributed by atoms with Crippen molar-refractivity contribution in [3.05, 3.63) is 63.6 Å². The summed E-state index contributed by atoms with van der Waals surface area (Å²) in [4.78, 5) is 23.8. The number of aromatic nitrogens is 1. The molecule has 10 heteroatoms. The molecule has 154 valence electrons. The number of halogens is 1. The average Bonchev–Trinajstić information content (AvgIpc) is 3.00. The predicted octanol–water partition coefficient (Wildman–Crippen LogP) is 2.68. The van der Waals surface area contributed by atoms with Gasteiger partial charge in [0.05, 0.1) is 17.0 Å². The SMILES string of the molecule is CCCOC(=O)Cn1c(=O)oc2cc(S(=O)(=O)NCc3ccc(Cl)cc3)ccc21. The van der Waals surface area contributed by atoms with Crippen LogP contribution in [0.5, 0.6) is 0 Å². The highest BCUT2D eigenvalue weighted by atomic mass is 35.5. The number of fused-ring (bicyclic) bond motifs is 1. The largest absolute Gasteiger partial charge is 0.464 e. The van der Waals surface area contributed by atoms with Crippen LogP contribution < -0.4 is 10.5 Å². The van der Waals surface area contributed by atoms with Crippen molar-refractivity contribution in [2.75, 3.05) is 6.61 Å². The molecule has 0 aliphatic rings. The van der Waals surface area contributed by atoms with Gasteiger partial charge in [0.2, 0.25) is 10.0 Å². The molecule has 8 nitrogen and oxygen atoms in total. The van der Waals surface area contributed by atoms with Crippen LogP contribution in [0.25, 0.3) is 11.1 Å². The van der Waals surface area contributed by atoms with Gasteiger partial charge in [-0.3, -0.25) is 9.36 Å². The summed E-state index contributed by atoms with van der Waals surface area (Å²) in [6.45, 7) is 1.87. The van der Waals surface area contributed by atoms with Crippen LogP contribution in [0.4, 0.5) is 0 Å². The number of nitrogens with zero attached hydrogens (tertiary/aromatic N) is 1. The van der Waals surface area contributed by atoms with Gasteiger partial charge < -0.3 is 9.15 Å². The van der Waals surface area contributed by atoms with Crippen LogP contribution >= 0.6 is 11.6 Å². The number of hydrogen-bond acceptors (Lipinski definition) is 6. The maximum Gasteiger partial charge on any atom is 0.420 e. The van der Waals surface area contributed by atoms with Gasteiger partial charge in [-0.2, -0.15) is 0 Å². The lowest BCUT2D eigenvalue weighted by molar-refractivity contribution is -0.144. The summed E-state index contributed by atoms with van der Waals surface area (Å²) >= 11 is 5.82. The molecular formula is C19H19ClN2O6S. The zero-order valence-corrected chi connectivity index (χ0v) is 17.1. The van der Waals surface area contributed by atoms with E-state index in [1.165, 1.54) is 18.2 Å². The van der Waals surface area contributed by atoms with Gasteiger partial charge in [0.1, 0.15) is 6.54 Å². The van der Waals surface area contributed by atoms with E-state index in [-0.39, 0.29) is 30.2 Å². The second-order valence-electron chi connectivity index (χ2n) is 6.26. The minimum absolute atomic E-state index is 0.0616. The minimum atomic E-state index is -3.84. The Morgan fingerprint density at radius 3 is 2.62 bits per heavy atom. The highest BCUT2D eigenvalue weighted by molar-refractivity contribution is 7.89. The van der Waals surface area contributed by atoms with Crippen molar-refractivity contribution in [3.8, 4) is 0 Å². The molecule has 1 N–H and O–H groups in total. The number of hydrogen-bond donors (Lipinski definition) is 1. The fourth-order valence-electron chi connectivity index (χ4n) is 2.62. The first-order valence-corrected chi connectivity index (χ1v) is 10.7. The maximum absolute atomic E-state index is 12.6. The van der Waals surface area contributed by atoms with Crippen molar-refractivity contribution in [3.63, 3.8) is 0 Å². The van der Waals surface area contributed by atoms with Crippen molar-refractivity contribution < 1.29 is 22.4 Å². The molecule has 3 rings (SSSR count). The standard InChI is InChI=1S/C19H19ClN2O6S/c1-2-9-27-18(23)12-22-16-8-7-15(10-17(16)28-19(22)24)29(25,26)21-11-13-3-5-14(20)6-4-13/h3-8,10,21H,2,9,11-12H2,1H3. The summed E-state index contributed by atoms with van der Waals surface area (Å²) in [5.74, 6) is -1.34. The molecular weight excluding hydrogens is 420 g/mol. The maximum atomic E-state index is 12.6. The summed E-state index contributed by atoms with van der Waals surface area (Å²) < 4.78 is 38.8. The second-order valence-corrected chi connectivity index (χ2v) is 8.46. The molecule has 2 aromatic carbocycles. The first-order chi connectivity index (χ1) is 13.8. The van der Waals surface area contributed by atoms with E-state index in [0.717, 1.165) is 10.1 Å². The topological polar surface area (TPSA) is 108 Å². The molecule has 1 aromatic heterocycles.